The SMILES string of the molecule is NCCn1cc(CNCC2CC3CCC2O3)nn1. The molecule has 100 valence electrons. The topological polar surface area (TPSA) is 78.0 Å². The normalized spacial score (nSPS) is 30.2. The summed E-state index contributed by atoms with van der Waals surface area (Å²) in [6.07, 6.45) is 6.70. The van der Waals surface area contributed by atoms with Crippen molar-refractivity contribution in [3.63, 3.8) is 0 Å². The maximum absolute atomic E-state index is 5.84. The van der Waals surface area contributed by atoms with Gasteiger partial charge in [-0.2, -0.15) is 0 Å². The molecule has 0 saturated carbocycles. The van der Waals surface area contributed by atoms with Crippen LogP contribution in [0.1, 0.15) is 25.0 Å². The number of ether oxygens (including phenoxy) is 1. The van der Waals surface area contributed by atoms with Crippen molar-refractivity contribution in [3.05, 3.63) is 11.9 Å². The largest absolute Gasteiger partial charge is 0.375 e. The van der Waals surface area contributed by atoms with Crippen LogP contribution < -0.4 is 11.1 Å². The highest BCUT2D eigenvalue weighted by atomic mass is 16.5. The van der Waals surface area contributed by atoms with Crippen LogP contribution in [-0.4, -0.2) is 40.3 Å². The fourth-order valence-corrected chi connectivity index (χ4v) is 3.00. The van der Waals surface area contributed by atoms with E-state index in [1.54, 1.807) is 4.68 Å². The molecule has 3 rings (SSSR count). The molecule has 0 aromatic carbocycles. The number of fused-ring (bicyclic) bond motifs is 2. The van der Waals surface area contributed by atoms with Crippen molar-refractivity contribution in [2.24, 2.45) is 11.7 Å². The minimum absolute atomic E-state index is 0.496. The molecule has 3 atom stereocenters. The van der Waals surface area contributed by atoms with Crippen LogP contribution in [0.15, 0.2) is 6.20 Å². The van der Waals surface area contributed by atoms with Crippen LogP contribution in [-0.2, 0) is 17.8 Å². The van der Waals surface area contributed by atoms with E-state index < -0.39 is 0 Å². The molecule has 1 aromatic rings. The van der Waals surface area contributed by atoms with Gasteiger partial charge in [-0.25, -0.2) is 0 Å². The van der Waals surface area contributed by atoms with Crippen LogP contribution in [0.2, 0.25) is 0 Å². The van der Waals surface area contributed by atoms with E-state index in [4.69, 9.17) is 10.5 Å². The first-order chi connectivity index (χ1) is 8.85. The second-order valence-electron chi connectivity index (χ2n) is 5.26. The molecule has 6 nitrogen and oxygen atoms in total. The summed E-state index contributed by atoms with van der Waals surface area (Å²) in [5.41, 5.74) is 6.45. The first-order valence-electron chi connectivity index (χ1n) is 6.80. The monoisotopic (exact) mass is 251 g/mol. The van der Waals surface area contributed by atoms with Crippen molar-refractivity contribution >= 4 is 0 Å². The molecule has 2 aliphatic heterocycles. The average Bonchev–Trinajstić information content (AvgIpc) is 3.06. The quantitative estimate of drug-likeness (QED) is 0.738. The average molecular weight is 251 g/mol. The number of hydrogen-bond donors (Lipinski definition) is 2. The summed E-state index contributed by atoms with van der Waals surface area (Å²) >= 11 is 0. The molecule has 2 aliphatic rings. The molecule has 0 aliphatic carbocycles. The molecular formula is C12H21N5O. The van der Waals surface area contributed by atoms with Crippen molar-refractivity contribution in [2.75, 3.05) is 13.1 Å². The first-order valence-corrected chi connectivity index (χ1v) is 6.80. The summed E-state index contributed by atoms with van der Waals surface area (Å²) in [4.78, 5) is 0. The van der Waals surface area contributed by atoms with E-state index in [1.165, 1.54) is 19.3 Å². The first kappa shape index (κ1) is 12.1. The Morgan fingerprint density at radius 2 is 2.44 bits per heavy atom. The maximum atomic E-state index is 5.84. The van der Waals surface area contributed by atoms with Gasteiger partial charge in [0.25, 0.3) is 0 Å². The molecule has 2 fully saturated rings. The number of nitrogens with two attached hydrogens (primary N) is 1. The van der Waals surface area contributed by atoms with E-state index in [0.29, 0.717) is 24.7 Å². The summed E-state index contributed by atoms with van der Waals surface area (Å²) < 4.78 is 7.63. The lowest BCUT2D eigenvalue weighted by molar-refractivity contribution is 0.0923. The Hall–Kier alpha value is -0.980. The van der Waals surface area contributed by atoms with E-state index in [2.05, 4.69) is 15.6 Å². The van der Waals surface area contributed by atoms with Gasteiger partial charge in [-0.1, -0.05) is 5.21 Å². The summed E-state index contributed by atoms with van der Waals surface area (Å²) in [5, 5.41) is 11.6. The van der Waals surface area contributed by atoms with Crippen molar-refractivity contribution in [3.8, 4) is 0 Å². The standard InChI is InChI=1S/C12H21N5O/c13-3-4-17-8-10(15-16-17)7-14-6-9-5-11-1-2-12(9)18-11/h8-9,11-12,14H,1-7,13H2. The Bertz CT molecular complexity index is 394. The lowest BCUT2D eigenvalue weighted by Gasteiger charge is -2.18. The summed E-state index contributed by atoms with van der Waals surface area (Å²) in [6.45, 7) is 3.12. The predicted octanol–water partition coefficient (Wildman–Crippen LogP) is -0.106. The number of nitrogens with zero attached hydrogens (tertiary/aromatic N) is 3. The van der Waals surface area contributed by atoms with Gasteiger partial charge in [0.15, 0.2) is 0 Å². The van der Waals surface area contributed by atoms with Crippen LogP contribution in [0.3, 0.4) is 0 Å². The Morgan fingerprint density at radius 1 is 1.50 bits per heavy atom. The van der Waals surface area contributed by atoms with Crippen molar-refractivity contribution in [2.45, 2.75) is 44.6 Å². The minimum atomic E-state index is 0.496. The van der Waals surface area contributed by atoms with Crippen LogP contribution in [0.25, 0.3) is 0 Å². The van der Waals surface area contributed by atoms with E-state index in [-0.39, 0.29) is 0 Å². The number of aromatic nitrogens is 3. The Labute approximate surface area is 107 Å². The lowest BCUT2D eigenvalue weighted by Crippen LogP contribution is -2.29. The van der Waals surface area contributed by atoms with Gasteiger partial charge in [-0.3, -0.25) is 4.68 Å². The van der Waals surface area contributed by atoms with E-state index >= 15 is 0 Å². The smallest absolute Gasteiger partial charge is 0.0964 e. The predicted molar refractivity (Wildman–Crippen MR) is 66.8 cm³/mol. The van der Waals surface area contributed by atoms with Gasteiger partial charge >= 0.3 is 0 Å². The van der Waals surface area contributed by atoms with Gasteiger partial charge < -0.3 is 15.8 Å². The third-order valence-corrected chi connectivity index (χ3v) is 3.89. The van der Waals surface area contributed by atoms with Crippen molar-refractivity contribution in [1.29, 1.82) is 0 Å². The zero-order valence-corrected chi connectivity index (χ0v) is 10.6. The highest BCUT2D eigenvalue weighted by Gasteiger charge is 2.40. The van der Waals surface area contributed by atoms with E-state index in [1.807, 2.05) is 6.20 Å². The highest BCUT2D eigenvalue weighted by Crippen LogP contribution is 2.38. The van der Waals surface area contributed by atoms with Gasteiger partial charge in [-0.05, 0) is 19.3 Å². The molecule has 3 heterocycles. The summed E-state index contributed by atoms with van der Waals surface area (Å²) in [6, 6.07) is 0. The van der Waals surface area contributed by atoms with Crippen LogP contribution in [0.5, 0.6) is 0 Å². The van der Waals surface area contributed by atoms with Crippen LogP contribution >= 0.6 is 0 Å². The number of rotatable bonds is 6. The fraction of sp³-hybridized carbons (Fsp3) is 0.833. The van der Waals surface area contributed by atoms with Crippen molar-refractivity contribution < 1.29 is 4.74 Å². The Balaban J connectivity index is 1.41. The molecular weight excluding hydrogens is 230 g/mol. The number of nitrogens with one attached hydrogen (secondary N) is 1. The molecule has 18 heavy (non-hydrogen) atoms. The minimum Gasteiger partial charge on any atom is -0.375 e. The van der Waals surface area contributed by atoms with Gasteiger partial charge in [0.2, 0.25) is 0 Å². The van der Waals surface area contributed by atoms with Gasteiger partial charge in [0.1, 0.15) is 0 Å². The van der Waals surface area contributed by atoms with E-state index in [0.717, 1.165) is 25.3 Å². The molecule has 3 N–H and O–H groups in total. The van der Waals surface area contributed by atoms with Crippen LogP contribution in [0, 0.1) is 5.92 Å². The van der Waals surface area contributed by atoms with Gasteiger partial charge in [0, 0.05) is 31.7 Å². The molecule has 0 spiro atoms. The molecule has 2 saturated heterocycles. The molecule has 1 aromatic heterocycles. The Morgan fingerprint density at radius 3 is 3.17 bits per heavy atom. The van der Waals surface area contributed by atoms with Gasteiger partial charge in [-0.15, -0.1) is 5.10 Å². The lowest BCUT2D eigenvalue weighted by atomic mass is 9.89. The molecule has 3 unspecified atom stereocenters. The summed E-state index contributed by atoms with van der Waals surface area (Å²) in [7, 11) is 0. The van der Waals surface area contributed by atoms with Crippen LogP contribution in [0.4, 0.5) is 0 Å². The molecule has 0 amide bonds. The fourth-order valence-electron chi connectivity index (χ4n) is 3.00. The zero-order valence-electron chi connectivity index (χ0n) is 10.6. The Kier molecular flexibility index (Phi) is 3.58. The second-order valence-corrected chi connectivity index (χ2v) is 5.26. The summed E-state index contributed by atoms with van der Waals surface area (Å²) in [5.74, 6) is 0.683. The maximum Gasteiger partial charge on any atom is 0.0964 e. The third-order valence-electron chi connectivity index (χ3n) is 3.89. The van der Waals surface area contributed by atoms with Crippen molar-refractivity contribution in [1.82, 2.24) is 20.3 Å². The van der Waals surface area contributed by atoms with E-state index in [9.17, 15) is 0 Å². The van der Waals surface area contributed by atoms with Gasteiger partial charge in [0.05, 0.1) is 24.4 Å². The third kappa shape index (κ3) is 2.55. The second kappa shape index (κ2) is 5.34. The molecule has 6 heteroatoms. The molecule has 0 radical (unpaired) electrons. The molecule has 2 bridgehead atoms. The zero-order chi connectivity index (χ0) is 12.4. The highest BCUT2D eigenvalue weighted by molar-refractivity contribution is 4.94. The number of hydrogen-bond acceptors (Lipinski definition) is 5.